The molecule has 1 aliphatic heterocycles. The third-order valence-electron chi connectivity index (χ3n) is 2.13. The van der Waals surface area contributed by atoms with Crippen molar-refractivity contribution >= 4 is 18.5 Å². The third kappa shape index (κ3) is 5.01. The van der Waals surface area contributed by atoms with E-state index in [2.05, 4.69) is 5.32 Å². The number of hydrogen-bond donors (Lipinski definition) is 2. The molecule has 1 amide bonds. The average molecular weight is 253 g/mol. The SMILES string of the molecule is CC(C)(C)OC(=O)N1CCNC(CO)C1.Cl. The summed E-state index contributed by atoms with van der Waals surface area (Å²) in [5.41, 5.74) is -0.462. The smallest absolute Gasteiger partial charge is 0.410 e. The first-order chi connectivity index (χ1) is 6.92. The minimum atomic E-state index is -0.462. The average Bonchev–Trinajstić information content (AvgIpc) is 2.15. The van der Waals surface area contributed by atoms with Crippen LogP contribution in [0.3, 0.4) is 0 Å². The Morgan fingerprint density at radius 1 is 1.56 bits per heavy atom. The zero-order valence-corrected chi connectivity index (χ0v) is 10.8. The molecule has 0 saturated carbocycles. The van der Waals surface area contributed by atoms with Crippen LogP contribution in [0, 0.1) is 0 Å². The molecule has 1 saturated heterocycles. The van der Waals surface area contributed by atoms with Gasteiger partial charge in [-0.25, -0.2) is 4.79 Å². The number of nitrogens with one attached hydrogen (secondary N) is 1. The van der Waals surface area contributed by atoms with Gasteiger partial charge in [0.05, 0.1) is 6.61 Å². The van der Waals surface area contributed by atoms with Crippen LogP contribution in [0.4, 0.5) is 4.79 Å². The highest BCUT2D eigenvalue weighted by molar-refractivity contribution is 5.85. The molecule has 2 N–H and O–H groups in total. The van der Waals surface area contributed by atoms with Crippen molar-refractivity contribution in [1.29, 1.82) is 0 Å². The highest BCUT2D eigenvalue weighted by Crippen LogP contribution is 2.11. The molecule has 16 heavy (non-hydrogen) atoms. The van der Waals surface area contributed by atoms with Gasteiger partial charge >= 0.3 is 6.09 Å². The van der Waals surface area contributed by atoms with Crippen molar-refractivity contribution in [3.8, 4) is 0 Å². The number of hydrogen-bond acceptors (Lipinski definition) is 4. The normalized spacial score (nSPS) is 21.2. The van der Waals surface area contributed by atoms with E-state index in [9.17, 15) is 4.79 Å². The molecule has 1 atom stereocenters. The van der Waals surface area contributed by atoms with E-state index in [0.29, 0.717) is 19.6 Å². The Kier molecular flexibility index (Phi) is 6.07. The summed E-state index contributed by atoms with van der Waals surface area (Å²) in [7, 11) is 0. The van der Waals surface area contributed by atoms with Crippen LogP contribution in [-0.2, 0) is 4.74 Å². The quantitative estimate of drug-likeness (QED) is 0.718. The van der Waals surface area contributed by atoms with Gasteiger partial charge in [0.2, 0.25) is 0 Å². The molecule has 0 aromatic carbocycles. The molecule has 1 aliphatic rings. The van der Waals surface area contributed by atoms with E-state index in [1.807, 2.05) is 20.8 Å². The number of piperazine rings is 1. The lowest BCUT2D eigenvalue weighted by Gasteiger charge is -2.34. The van der Waals surface area contributed by atoms with Crippen molar-refractivity contribution in [3.63, 3.8) is 0 Å². The topological polar surface area (TPSA) is 61.8 Å². The summed E-state index contributed by atoms with van der Waals surface area (Å²) in [6.45, 7) is 7.41. The maximum Gasteiger partial charge on any atom is 0.410 e. The third-order valence-corrected chi connectivity index (χ3v) is 2.13. The zero-order valence-electron chi connectivity index (χ0n) is 10.0. The predicted molar refractivity (Wildman–Crippen MR) is 63.9 cm³/mol. The van der Waals surface area contributed by atoms with Gasteiger partial charge in [-0.15, -0.1) is 12.4 Å². The molecule has 1 unspecified atom stereocenters. The summed E-state index contributed by atoms with van der Waals surface area (Å²) < 4.78 is 5.25. The molecule has 0 radical (unpaired) electrons. The first-order valence-corrected chi connectivity index (χ1v) is 5.24. The van der Waals surface area contributed by atoms with Crippen molar-refractivity contribution in [1.82, 2.24) is 10.2 Å². The van der Waals surface area contributed by atoms with Crippen LogP contribution in [0.5, 0.6) is 0 Å². The van der Waals surface area contributed by atoms with Crippen molar-refractivity contribution in [2.45, 2.75) is 32.4 Å². The van der Waals surface area contributed by atoms with E-state index < -0.39 is 5.60 Å². The number of rotatable bonds is 1. The van der Waals surface area contributed by atoms with E-state index in [-0.39, 0.29) is 31.1 Å². The van der Waals surface area contributed by atoms with E-state index in [0.717, 1.165) is 0 Å². The first kappa shape index (κ1) is 15.5. The van der Waals surface area contributed by atoms with Crippen LogP contribution in [0.15, 0.2) is 0 Å². The largest absolute Gasteiger partial charge is 0.444 e. The molecule has 1 rings (SSSR count). The fourth-order valence-electron chi connectivity index (χ4n) is 1.44. The Morgan fingerprint density at radius 2 is 2.19 bits per heavy atom. The molecule has 6 heteroatoms. The van der Waals surface area contributed by atoms with Gasteiger partial charge in [0.15, 0.2) is 0 Å². The molecule has 1 fully saturated rings. The Bertz CT molecular complexity index is 231. The maximum atomic E-state index is 11.7. The van der Waals surface area contributed by atoms with E-state index >= 15 is 0 Å². The molecule has 1 heterocycles. The Labute approximate surface area is 103 Å². The number of amides is 1. The summed E-state index contributed by atoms with van der Waals surface area (Å²) in [5, 5.41) is 12.1. The van der Waals surface area contributed by atoms with Gasteiger partial charge in [-0.05, 0) is 20.8 Å². The van der Waals surface area contributed by atoms with Crippen molar-refractivity contribution < 1.29 is 14.6 Å². The van der Waals surface area contributed by atoms with Gasteiger partial charge in [-0.2, -0.15) is 0 Å². The monoisotopic (exact) mass is 252 g/mol. The van der Waals surface area contributed by atoms with Crippen LogP contribution in [0.25, 0.3) is 0 Å². The Hall–Kier alpha value is -0.520. The van der Waals surface area contributed by atoms with E-state index in [4.69, 9.17) is 9.84 Å². The fourth-order valence-corrected chi connectivity index (χ4v) is 1.44. The molecule has 5 nitrogen and oxygen atoms in total. The van der Waals surface area contributed by atoms with E-state index in [1.165, 1.54) is 0 Å². The highest BCUT2D eigenvalue weighted by Gasteiger charge is 2.26. The van der Waals surface area contributed by atoms with Gasteiger partial charge in [-0.1, -0.05) is 0 Å². The summed E-state index contributed by atoms with van der Waals surface area (Å²) in [6, 6.07) is -0.0359. The van der Waals surface area contributed by atoms with Gasteiger partial charge in [0.25, 0.3) is 0 Å². The summed E-state index contributed by atoms with van der Waals surface area (Å²) >= 11 is 0. The molecule has 0 bridgehead atoms. The fraction of sp³-hybridized carbons (Fsp3) is 0.900. The number of aliphatic hydroxyl groups is 1. The van der Waals surface area contributed by atoms with Crippen molar-refractivity contribution in [2.24, 2.45) is 0 Å². The minimum absolute atomic E-state index is 0. The first-order valence-electron chi connectivity index (χ1n) is 5.24. The van der Waals surface area contributed by atoms with Gasteiger partial charge in [0.1, 0.15) is 5.60 Å². The summed E-state index contributed by atoms with van der Waals surface area (Å²) in [6.07, 6.45) is -0.303. The number of carbonyl (C=O) groups excluding carboxylic acids is 1. The molecule has 0 aromatic heterocycles. The number of ether oxygens (including phenoxy) is 1. The van der Waals surface area contributed by atoms with Crippen molar-refractivity contribution in [3.05, 3.63) is 0 Å². The number of nitrogens with zero attached hydrogens (tertiary/aromatic N) is 1. The Morgan fingerprint density at radius 3 is 2.69 bits per heavy atom. The molecule has 0 aromatic rings. The number of carbonyl (C=O) groups is 1. The second-order valence-corrected chi connectivity index (χ2v) is 4.76. The summed E-state index contributed by atoms with van der Waals surface area (Å²) in [5.74, 6) is 0. The lowest BCUT2D eigenvalue weighted by Crippen LogP contribution is -2.54. The van der Waals surface area contributed by atoms with Gasteiger partial charge < -0.3 is 20.1 Å². The second-order valence-electron chi connectivity index (χ2n) is 4.76. The molecular formula is C10H21ClN2O3. The van der Waals surface area contributed by atoms with Crippen molar-refractivity contribution in [2.75, 3.05) is 26.2 Å². The minimum Gasteiger partial charge on any atom is -0.444 e. The van der Waals surface area contributed by atoms with Crippen LogP contribution < -0.4 is 5.32 Å². The molecule has 0 spiro atoms. The lowest BCUT2D eigenvalue weighted by molar-refractivity contribution is 0.0173. The predicted octanol–water partition coefficient (Wildman–Crippen LogP) is 0.609. The van der Waals surface area contributed by atoms with Gasteiger partial charge in [0, 0.05) is 25.7 Å². The lowest BCUT2D eigenvalue weighted by atomic mass is 10.2. The van der Waals surface area contributed by atoms with E-state index in [1.54, 1.807) is 4.90 Å². The van der Waals surface area contributed by atoms with Gasteiger partial charge in [-0.3, -0.25) is 0 Å². The standard InChI is InChI=1S/C10H20N2O3.ClH/c1-10(2,3)15-9(14)12-5-4-11-8(6-12)7-13;/h8,11,13H,4-7H2,1-3H3;1H. The molecule has 0 aliphatic carbocycles. The Balaban J connectivity index is 0.00000225. The zero-order chi connectivity index (χ0) is 11.5. The molecular weight excluding hydrogens is 232 g/mol. The number of aliphatic hydroxyl groups excluding tert-OH is 1. The molecule has 96 valence electrons. The van der Waals surface area contributed by atoms with Crippen LogP contribution >= 0.6 is 12.4 Å². The second kappa shape index (κ2) is 6.27. The van der Waals surface area contributed by atoms with Crippen LogP contribution in [0.2, 0.25) is 0 Å². The highest BCUT2D eigenvalue weighted by atomic mass is 35.5. The van der Waals surface area contributed by atoms with Crippen LogP contribution in [0.1, 0.15) is 20.8 Å². The van der Waals surface area contributed by atoms with Crippen LogP contribution in [-0.4, -0.2) is 54.0 Å². The summed E-state index contributed by atoms with van der Waals surface area (Å²) in [4.78, 5) is 13.3. The maximum absolute atomic E-state index is 11.7. The number of halogens is 1.